The molecule has 0 aromatic heterocycles. The van der Waals surface area contributed by atoms with Gasteiger partial charge in [0.15, 0.2) is 0 Å². The first-order valence-electron chi connectivity index (χ1n) is 3.75. The summed E-state index contributed by atoms with van der Waals surface area (Å²) < 4.78 is 0. The zero-order valence-corrected chi connectivity index (χ0v) is 6.45. The van der Waals surface area contributed by atoms with E-state index in [1.165, 1.54) is 0 Å². The number of allylic oxidation sites excluding steroid dienone is 2. The Morgan fingerprint density at radius 3 is 2.60 bits per heavy atom. The van der Waals surface area contributed by atoms with Crippen molar-refractivity contribution in [1.82, 2.24) is 0 Å². The SMILES string of the molecule is CCC=CCCC(O)CO. The van der Waals surface area contributed by atoms with Crippen LogP contribution in [0.1, 0.15) is 26.2 Å². The molecule has 0 saturated heterocycles. The Morgan fingerprint density at radius 1 is 1.40 bits per heavy atom. The van der Waals surface area contributed by atoms with Crippen molar-refractivity contribution in [3.63, 3.8) is 0 Å². The number of aliphatic hydroxyl groups excluding tert-OH is 2. The van der Waals surface area contributed by atoms with Gasteiger partial charge < -0.3 is 10.2 Å². The average molecular weight is 144 g/mol. The van der Waals surface area contributed by atoms with Crippen molar-refractivity contribution in [1.29, 1.82) is 0 Å². The Morgan fingerprint density at radius 2 is 2.10 bits per heavy atom. The molecule has 2 N–H and O–H groups in total. The van der Waals surface area contributed by atoms with Crippen LogP contribution in [-0.4, -0.2) is 22.9 Å². The summed E-state index contributed by atoms with van der Waals surface area (Å²) in [6.07, 6.45) is 6.10. The van der Waals surface area contributed by atoms with E-state index in [9.17, 15) is 0 Å². The van der Waals surface area contributed by atoms with Gasteiger partial charge in [-0.05, 0) is 19.3 Å². The zero-order valence-electron chi connectivity index (χ0n) is 6.45. The summed E-state index contributed by atoms with van der Waals surface area (Å²) in [5.74, 6) is 0. The van der Waals surface area contributed by atoms with Gasteiger partial charge in [-0.25, -0.2) is 0 Å². The second-order valence-corrected chi connectivity index (χ2v) is 2.29. The van der Waals surface area contributed by atoms with Gasteiger partial charge in [0, 0.05) is 0 Å². The van der Waals surface area contributed by atoms with Crippen LogP contribution in [0.3, 0.4) is 0 Å². The molecular weight excluding hydrogens is 128 g/mol. The smallest absolute Gasteiger partial charge is 0.0773 e. The summed E-state index contributed by atoms with van der Waals surface area (Å²) in [4.78, 5) is 0. The average Bonchev–Trinajstić information content (AvgIpc) is 1.98. The molecular formula is C8H16O2. The maximum Gasteiger partial charge on any atom is 0.0773 e. The minimum atomic E-state index is -0.540. The first-order valence-corrected chi connectivity index (χ1v) is 3.75. The first-order chi connectivity index (χ1) is 4.81. The zero-order chi connectivity index (χ0) is 7.82. The van der Waals surface area contributed by atoms with Crippen molar-refractivity contribution < 1.29 is 10.2 Å². The lowest BCUT2D eigenvalue weighted by Gasteiger charge is -2.02. The number of aliphatic hydroxyl groups is 2. The highest BCUT2D eigenvalue weighted by Gasteiger charge is 1.97. The molecule has 0 aromatic carbocycles. The van der Waals surface area contributed by atoms with Crippen LogP contribution < -0.4 is 0 Å². The molecule has 0 saturated carbocycles. The molecule has 2 heteroatoms. The topological polar surface area (TPSA) is 40.5 Å². The molecule has 0 radical (unpaired) electrons. The van der Waals surface area contributed by atoms with Gasteiger partial charge in [0.05, 0.1) is 12.7 Å². The lowest BCUT2D eigenvalue weighted by molar-refractivity contribution is 0.0891. The molecule has 10 heavy (non-hydrogen) atoms. The fourth-order valence-electron chi connectivity index (χ4n) is 0.664. The Bertz CT molecular complexity index is 89.3. The summed E-state index contributed by atoms with van der Waals surface area (Å²) in [5.41, 5.74) is 0. The van der Waals surface area contributed by atoms with Gasteiger partial charge >= 0.3 is 0 Å². The van der Waals surface area contributed by atoms with Crippen LogP contribution in [0.25, 0.3) is 0 Å². The second kappa shape index (κ2) is 6.78. The van der Waals surface area contributed by atoms with Gasteiger partial charge in [0.2, 0.25) is 0 Å². The molecule has 0 aliphatic carbocycles. The highest BCUT2D eigenvalue weighted by Crippen LogP contribution is 1.97. The van der Waals surface area contributed by atoms with Crippen molar-refractivity contribution in [2.24, 2.45) is 0 Å². The maximum atomic E-state index is 8.87. The van der Waals surface area contributed by atoms with Crippen molar-refractivity contribution in [3.05, 3.63) is 12.2 Å². The molecule has 0 aliphatic rings. The predicted octanol–water partition coefficient (Wildman–Crippen LogP) is 1.09. The summed E-state index contributed by atoms with van der Waals surface area (Å²) >= 11 is 0. The molecule has 0 amide bonds. The van der Waals surface area contributed by atoms with Crippen LogP contribution in [0.2, 0.25) is 0 Å². The molecule has 0 rings (SSSR count). The van der Waals surface area contributed by atoms with E-state index in [0.717, 1.165) is 12.8 Å². The van der Waals surface area contributed by atoms with Crippen LogP contribution in [-0.2, 0) is 0 Å². The molecule has 0 aromatic rings. The minimum absolute atomic E-state index is 0.125. The number of hydrogen-bond acceptors (Lipinski definition) is 2. The van der Waals surface area contributed by atoms with Crippen LogP contribution >= 0.6 is 0 Å². The van der Waals surface area contributed by atoms with Crippen molar-refractivity contribution in [2.45, 2.75) is 32.3 Å². The summed E-state index contributed by atoms with van der Waals surface area (Å²) in [7, 11) is 0. The first kappa shape index (κ1) is 9.66. The molecule has 1 atom stereocenters. The second-order valence-electron chi connectivity index (χ2n) is 2.29. The quantitative estimate of drug-likeness (QED) is 0.567. The van der Waals surface area contributed by atoms with Gasteiger partial charge in [-0.1, -0.05) is 19.1 Å². The Balaban J connectivity index is 3.10. The Kier molecular flexibility index (Phi) is 6.55. The third kappa shape index (κ3) is 5.79. The minimum Gasteiger partial charge on any atom is -0.394 e. The largest absolute Gasteiger partial charge is 0.394 e. The van der Waals surface area contributed by atoms with E-state index in [2.05, 4.69) is 13.0 Å². The fraction of sp³-hybridized carbons (Fsp3) is 0.750. The standard InChI is InChI=1S/C8H16O2/c1-2-3-4-5-6-8(10)7-9/h3-4,8-10H,2,5-7H2,1H3. The van der Waals surface area contributed by atoms with E-state index in [4.69, 9.17) is 10.2 Å². The number of hydrogen-bond donors (Lipinski definition) is 2. The monoisotopic (exact) mass is 144 g/mol. The van der Waals surface area contributed by atoms with Crippen molar-refractivity contribution >= 4 is 0 Å². The van der Waals surface area contributed by atoms with Gasteiger partial charge in [-0.15, -0.1) is 0 Å². The van der Waals surface area contributed by atoms with Gasteiger partial charge in [-0.2, -0.15) is 0 Å². The van der Waals surface area contributed by atoms with E-state index in [1.807, 2.05) is 6.08 Å². The van der Waals surface area contributed by atoms with Crippen LogP contribution in [0, 0.1) is 0 Å². The summed E-state index contributed by atoms with van der Waals surface area (Å²) in [6.45, 7) is 1.94. The Hall–Kier alpha value is -0.340. The highest BCUT2D eigenvalue weighted by atomic mass is 16.3. The molecule has 60 valence electrons. The lowest BCUT2D eigenvalue weighted by atomic mass is 10.2. The van der Waals surface area contributed by atoms with E-state index in [1.54, 1.807) is 0 Å². The summed E-state index contributed by atoms with van der Waals surface area (Å²) in [6, 6.07) is 0. The lowest BCUT2D eigenvalue weighted by Crippen LogP contribution is -2.10. The fourth-order valence-corrected chi connectivity index (χ4v) is 0.664. The van der Waals surface area contributed by atoms with E-state index >= 15 is 0 Å². The molecule has 0 spiro atoms. The number of rotatable bonds is 5. The molecule has 0 aliphatic heterocycles. The van der Waals surface area contributed by atoms with E-state index < -0.39 is 6.10 Å². The Labute approximate surface area is 62.2 Å². The predicted molar refractivity (Wildman–Crippen MR) is 41.8 cm³/mol. The molecule has 0 fully saturated rings. The molecule has 0 heterocycles. The van der Waals surface area contributed by atoms with Crippen LogP contribution in [0.4, 0.5) is 0 Å². The van der Waals surface area contributed by atoms with Gasteiger partial charge in [0.1, 0.15) is 0 Å². The highest BCUT2D eigenvalue weighted by molar-refractivity contribution is 4.80. The summed E-state index contributed by atoms with van der Waals surface area (Å²) in [5, 5.41) is 17.3. The van der Waals surface area contributed by atoms with Gasteiger partial charge in [-0.3, -0.25) is 0 Å². The van der Waals surface area contributed by atoms with E-state index in [-0.39, 0.29) is 6.61 Å². The van der Waals surface area contributed by atoms with Crippen LogP contribution in [0.5, 0.6) is 0 Å². The van der Waals surface area contributed by atoms with Gasteiger partial charge in [0.25, 0.3) is 0 Å². The third-order valence-corrected chi connectivity index (χ3v) is 1.28. The maximum absolute atomic E-state index is 8.87. The van der Waals surface area contributed by atoms with Crippen molar-refractivity contribution in [3.8, 4) is 0 Å². The normalized spacial score (nSPS) is 14.3. The molecule has 1 unspecified atom stereocenters. The van der Waals surface area contributed by atoms with E-state index in [0.29, 0.717) is 6.42 Å². The molecule has 2 nitrogen and oxygen atoms in total. The molecule has 0 bridgehead atoms. The third-order valence-electron chi connectivity index (χ3n) is 1.28. The van der Waals surface area contributed by atoms with Crippen LogP contribution in [0.15, 0.2) is 12.2 Å². The van der Waals surface area contributed by atoms with Crippen molar-refractivity contribution in [2.75, 3.05) is 6.61 Å².